The molecule has 1 aromatic heterocycles. The van der Waals surface area contributed by atoms with E-state index in [2.05, 4.69) is 40.5 Å². The van der Waals surface area contributed by atoms with E-state index < -0.39 is 0 Å². The monoisotopic (exact) mass is 466 g/mol. The number of allylic oxidation sites excluding steroid dienone is 2. The summed E-state index contributed by atoms with van der Waals surface area (Å²) in [6, 6.07) is 10.2. The Bertz CT molecular complexity index is 1040. The van der Waals surface area contributed by atoms with Gasteiger partial charge in [-0.25, -0.2) is 4.98 Å². The third-order valence-electron chi connectivity index (χ3n) is 6.36. The molecular weight excluding hydrogens is 436 g/mol. The SMILES string of the molecule is CCC1CN(c2ncccc2CN2NC=CC=C2c2ccc(OCC3CC3)c(Cl)c2)CCO1. The fourth-order valence-corrected chi connectivity index (χ4v) is 4.49. The zero-order chi connectivity index (χ0) is 22.6. The molecule has 5 rings (SSSR count). The van der Waals surface area contributed by atoms with E-state index in [1.54, 1.807) is 0 Å². The number of hydrogen-bond acceptors (Lipinski definition) is 6. The molecule has 0 amide bonds. The molecule has 2 aromatic rings. The second-order valence-electron chi connectivity index (χ2n) is 8.86. The van der Waals surface area contributed by atoms with Crippen molar-refractivity contribution in [2.24, 2.45) is 5.92 Å². The summed E-state index contributed by atoms with van der Waals surface area (Å²) >= 11 is 6.58. The van der Waals surface area contributed by atoms with Gasteiger partial charge in [-0.2, -0.15) is 0 Å². The molecule has 33 heavy (non-hydrogen) atoms. The van der Waals surface area contributed by atoms with Crippen molar-refractivity contribution >= 4 is 23.1 Å². The molecule has 0 spiro atoms. The molecule has 1 unspecified atom stereocenters. The predicted octanol–water partition coefficient (Wildman–Crippen LogP) is 5.01. The number of pyridine rings is 1. The normalized spacial score (nSPS) is 20.4. The van der Waals surface area contributed by atoms with Crippen LogP contribution in [0, 0.1) is 5.92 Å². The van der Waals surface area contributed by atoms with E-state index in [0.29, 0.717) is 17.5 Å². The molecule has 174 valence electrons. The van der Waals surface area contributed by atoms with Crippen molar-refractivity contribution in [2.45, 2.75) is 38.8 Å². The second kappa shape index (κ2) is 10.1. The van der Waals surface area contributed by atoms with Crippen LogP contribution in [-0.4, -0.2) is 42.4 Å². The van der Waals surface area contributed by atoms with Gasteiger partial charge in [0.2, 0.25) is 0 Å². The Morgan fingerprint density at radius 2 is 2.18 bits per heavy atom. The van der Waals surface area contributed by atoms with Crippen molar-refractivity contribution in [3.63, 3.8) is 0 Å². The summed E-state index contributed by atoms with van der Waals surface area (Å²) in [6.45, 7) is 6.05. The van der Waals surface area contributed by atoms with E-state index in [4.69, 9.17) is 26.1 Å². The number of nitrogens with zero attached hydrogens (tertiary/aromatic N) is 3. The Kier molecular flexibility index (Phi) is 6.74. The fraction of sp³-hybridized carbons (Fsp3) is 0.423. The Morgan fingerprint density at radius 3 is 3.00 bits per heavy atom. The number of rotatable bonds is 8. The first-order chi connectivity index (χ1) is 16.2. The summed E-state index contributed by atoms with van der Waals surface area (Å²) in [4.78, 5) is 7.09. The first-order valence-electron chi connectivity index (χ1n) is 11.8. The third-order valence-corrected chi connectivity index (χ3v) is 6.66. The van der Waals surface area contributed by atoms with Crippen LogP contribution >= 0.6 is 11.6 Å². The summed E-state index contributed by atoms with van der Waals surface area (Å²) < 4.78 is 11.8. The van der Waals surface area contributed by atoms with Gasteiger partial charge in [0.15, 0.2) is 0 Å². The Labute approximate surface area is 200 Å². The number of ether oxygens (including phenoxy) is 2. The Morgan fingerprint density at radius 1 is 1.27 bits per heavy atom. The van der Waals surface area contributed by atoms with E-state index in [1.807, 2.05) is 36.7 Å². The fourth-order valence-electron chi connectivity index (χ4n) is 4.25. The molecule has 2 aliphatic heterocycles. The van der Waals surface area contributed by atoms with E-state index in [1.165, 1.54) is 18.4 Å². The number of hydrogen-bond donors (Lipinski definition) is 1. The summed E-state index contributed by atoms with van der Waals surface area (Å²) in [7, 11) is 0. The Balaban J connectivity index is 1.34. The first-order valence-corrected chi connectivity index (χ1v) is 12.2. The Hall–Kier alpha value is -2.70. The molecule has 0 bridgehead atoms. The van der Waals surface area contributed by atoms with Crippen LogP contribution in [0.15, 0.2) is 54.9 Å². The molecule has 1 saturated heterocycles. The van der Waals surface area contributed by atoms with Crippen LogP contribution in [0.25, 0.3) is 5.70 Å². The van der Waals surface area contributed by atoms with Crippen LogP contribution in [0.1, 0.15) is 37.3 Å². The number of hydrazine groups is 1. The molecule has 1 N–H and O–H groups in total. The molecule has 7 heteroatoms. The van der Waals surface area contributed by atoms with Gasteiger partial charge in [0, 0.05) is 36.6 Å². The van der Waals surface area contributed by atoms with Gasteiger partial charge >= 0.3 is 0 Å². The van der Waals surface area contributed by atoms with Crippen LogP contribution in [0.4, 0.5) is 5.82 Å². The molecule has 6 nitrogen and oxygen atoms in total. The van der Waals surface area contributed by atoms with Crippen LogP contribution in [0.5, 0.6) is 5.75 Å². The lowest BCUT2D eigenvalue weighted by atomic mass is 10.1. The highest BCUT2D eigenvalue weighted by Crippen LogP contribution is 2.34. The van der Waals surface area contributed by atoms with Crippen molar-refractivity contribution < 1.29 is 9.47 Å². The smallest absolute Gasteiger partial charge is 0.137 e. The zero-order valence-corrected chi connectivity index (χ0v) is 19.8. The maximum absolute atomic E-state index is 6.58. The molecule has 0 radical (unpaired) electrons. The summed E-state index contributed by atoms with van der Waals surface area (Å²) in [5, 5.41) is 2.78. The van der Waals surface area contributed by atoms with Gasteiger partial charge in [-0.1, -0.05) is 24.6 Å². The van der Waals surface area contributed by atoms with Crippen molar-refractivity contribution in [3.8, 4) is 5.75 Å². The van der Waals surface area contributed by atoms with Crippen molar-refractivity contribution in [1.82, 2.24) is 15.4 Å². The van der Waals surface area contributed by atoms with E-state index in [-0.39, 0.29) is 6.10 Å². The molecular formula is C26H31ClN4O2. The van der Waals surface area contributed by atoms with Crippen molar-refractivity contribution in [2.75, 3.05) is 31.2 Å². The highest BCUT2D eigenvalue weighted by molar-refractivity contribution is 6.32. The van der Waals surface area contributed by atoms with Gasteiger partial charge in [-0.3, -0.25) is 5.01 Å². The van der Waals surface area contributed by atoms with Gasteiger partial charge < -0.3 is 19.8 Å². The maximum atomic E-state index is 6.58. The van der Waals surface area contributed by atoms with Crippen molar-refractivity contribution in [1.29, 1.82) is 0 Å². The van der Waals surface area contributed by atoms with Gasteiger partial charge in [0.25, 0.3) is 0 Å². The van der Waals surface area contributed by atoms with Crippen LogP contribution < -0.4 is 15.1 Å². The molecule has 1 saturated carbocycles. The van der Waals surface area contributed by atoms with E-state index in [9.17, 15) is 0 Å². The number of anilines is 1. The van der Waals surface area contributed by atoms with Crippen molar-refractivity contribution in [3.05, 3.63) is 71.0 Å². The number of nitrogens with one attached hydrogen (secondary N) is 1. The second-order valence-corrected chi connectivity index (χ2v) is 9.27. The number of halogens is 1. The topological polar surface area (TPSA) is 49.9 Å². The minimum Gasteiger partial charge on any atom is -0.492 e. The molecule has 2 fully saturated rings. The van der Waals surface area contributed by atoms with Gasteiger partial charge in [-0.05, 0) is 61.6 Å². The number of benzene rings is 1. The minimum atomic E-state index is 0.253. The summed E-state index contributed by atoms with van der Waals surface area (Å²) in [5.74, 6) is 2.47. The quantitative estimate of drug-likeness (QED) is 0.590. The average Bonchev–Trinajstić information content (AvgIpc) is 3.69. The molecule has 3 aliphatic rings. The molecule has 3 heterocycles. The minimum absolute atomic E-state index is 0.253. The van der Waals surface area contributed by atoms with Gasteiger partial charge in [0.05, 0.1) is 36.6 Å². The lowest BCUT2D eigenvalue weighted by molar-refractivity contribution is 0.0381. The highest BCUT2D eigenvalue weighted by Gasteiger charge is 2.24. The van der Waals surface area contributed by atoms with Crippen LogP contribution in [-0.2, 0) is 11.3 Å². The lowest BCUT2D eigenvalue weighted by Crippen LogP contribution is -2.43. The van der Waals surface area contributed by atoms with Gasteiger partial charge in [-0.15, -0.1) is 0 Å². The maximum Gasteiger partial charge on any atom is 0.137 e. The number of aromatic nitrogens is 1. The standard InChI is InChI=1S/C26H31ClN4O2/c1-2-22-17-30(13-14-32-22)26-21(5-3-11-28-26)16-31-24(6-4-12-29-31)20-9-10-25(23(27)15-20)33-18-19-7-8-19/h3-6,9-12,15,19,22,29H,2,7-8,13-14,16-18H2,1H3. The largest absolute Gasteiger partial charge is 0.492 e. The van der Waals surface area contributed by atoms with E-state index in [0.717, 1.165) is 55.6 Å². The average molecular weight is 467 g/mol. The molecule has 1 atom stereocenters. The van der Waals surface area contributed by atoms with E-state index >= 15 is 0 Å². The first kappa shape index (κ1) is 22.1. The van der Waals surface area contributed by atoms with Crippen LogP contribution in [0.3, 0.4) is 0 Å². The number of morpholine rings is 1. The highest BCUT2D eigenvalue weighted by atomic mass is 35.5. The zero-order valence-electron chi connectivity index (χ0n) is 19.0. The third kappa shape index (κ3) is 5.28. The lowest BCUT2D eigenvalue weighted by Gasteiger charge is -2.35. The predicted molar refractivity (Wildman–Crippen MR) is 132 cm³/mol. The van der Waals surface area contributed by atoms with Gasteiger partial charge in [0.1, 0.15) is 11.6 Å². The summed E-state index contributed by atoms with van der Waals surface area (Å²) in [6.07, 6.45) is 11.7. The molecule has 1 aromatic carbocycles. The summed E-state index contributed by atoms with van der Waals surface area (Å²) in [5.41, 5.74) is 6.65. The van der Waals surface area contributed by atoms with Crippen LogP contribution in [0.2, 0.25) is 5.02 Å². The molecule has 1 aliphatic carbocycles.